The molecular formula is C20H16ClNO3. The van der Waals surface area contributed by atoms with Crippen molar-refractivity contribution in [2.75, 3.05) is 6.61 Å². The number of nitrogens with zero attached hydrogens (tertiary/aromatic N) is 1. The zero-order valence-corrected chi connectivity index (χ0v) is 14.1. The molecule has 4 nitrogen and oxygen atoms in total. The number of ether oxygens (including phenoxy) is 1. The van der Waals surface area contributed by atoms with Crippen LogP contribution < -0.4 is 4.74 Å². The summed E-state index contributed by atoms with van der Waals surface area (Å²) in [6, 6.07) is 22.7. The Balaban J connectivity index is 1.58. The molecule has 3 aromatic rings. The summed E-state index contributed by atoms with van der Waals surface area (Å²) >= 11 is 6.01. The Bertz CT molecular complexity index is 864. The molecule has 0 aliphatic heterocycles. The van der Waals surface area contributed by atoms with Gasteiger partial charge in [0.15, 0.2) is 0 Å². The van der Waals surface area contributed by atoms with Crippen LogP contribution in [0.1, 0.15) is 5.56 Å². The van der Waals surface area contributed by atoms with Crippen molar-refractivity contribution in [3.63, 3.8) is 0 Å². The van der Waals surface area contributed by atoms with Crippen molar-refractivity contribution in [1.82, 2.24) is 0 Å². The Morgan fingerprint density at radius 3 is 2.24 bits per heavy atom. The van der Waals surface area contributed by atoms with Crippen LogP contribution in [0.15, 0.2) is 72.8 Å². The van der Waals surface area contributed by atoms with Gasteiger partial charge in [-0.05, 0) is 22.8 Å². The Morgan fingerprint density at radius 1 is 0.920 bits per heavy atom. The molecule has 0 saturated carbocycles. The predicted octanol–water partition coefficient (Wildman–Crippen LogP) is 5.54. The molecule has 0 amide bonds. The Labute approximate surface area is 150 Å². The van der Waals surface area contributed by atoms with Crippen molar-refractivity contribution in [1.29, 1.82) is 0 Å². The molecule has 0 aliphatic rings. The van der Waals surface area contributed by atoms with E-state index in [9.17, 15) is 10.1 Å². The number of hydrogen-bond acceptors (Lipinski definition) is 3. The monoisotopic (exact) mass is 353 g/mol. The molecule has 0 atom stereocenters. The average Bonchev–Trinajstić information content (AvgIpc) is 2.64. The maximum absolute atomic E-state index is 10.7. The van der Waals surface area contributed by atoms with Crippen molar-refractivity contribution in [3.8, 4) is 16.9 Å². The van der Waals surface area contributed by atoms with Gasteiger partial charge in [0.2, 0.25) is 0 Å². The Hall–Kier alpha value is -2.85. The molecule has 5 heteroatoms. The normalized spacial score (nSPS) is 10.4. The number of nitro groups is 1. The van der Waals surface area contributed by atoms with E-state index in [4.69, 9.17) is 16.3 Å². The van der Waals surface area contributed by atoms with Gasteiger partial charge in [0.25, 0.3) is 5.69 Å². The van der Waals surface area contributed by atoms with Gasteiger partial charge in [0.1, 0.15) is 5.75 Å². The summed E-state index contributed by atoms with van der Waals surface area (Å²) in [6.07, 6.45) is 0.725. The van der Waals surface area contributed by atoms with Gasteiger partial charge in [-0.3, -0.25) is 10.1 Å². The summed E-state index contributed by atoms with van der Waals surface area (Å²) < 4.78 is 5.64. The van der Waals surface area contributed by atoms with E-state index in [1.807, 2.05) is 18.2 Å². The number of benzene rings is 3. The summed E-state index contributed by atoms with van der Waals surface area (Å²) in [4.78, 5) is 10.2. The third kappa shape index (κ3) is 4.37. The van der Waals surface area contributed by atoms with E-state index in [1.165, 1.54) is 29.3 Å². The Morgan fingerprint density at radius 2 is 1.60 bits per heavy atom. The fraction of sp³-hybridized carbons (Fsp3) is 0.100. The van der Waals surface area contributed by atoms with E-state index in [2.05, 4.69) is 36.4 Å². The first-order chi connectivity index (χ1) is 12.1. The van der Waals surface area contributed by atoms with E-state index < -0.39 is 4.92 Å². The van der Waals surface area contributed by atoms with Gasteiger partial charge >= 0.3 is 0 Å². The fourth-order valence-electron chi connectivity index (χ4n) is 2.49. The van der Waals surface area contributed by atoms with Gasteiger partial charge in [-0.15, -0.1) is 0 Å². The molecule has 0 fully saturated rings. The second-order valence-electron chi connectivity index (χ2n) is 5.53. The van der Waals surface area contributed by atoms with Gasteiger partial charge in [-0.25, -0.2) is 0 Å². The van der Waals surface area contributed by atoms with Crippen molar-refractivity contribution >= 4 is 17.3 Å². The lowest BCUT2D eigenvalue weighted by Gasteiger charge is -2.08. The minimum atomic E-state index is -0.482. The lowest BCUT2D eigenvalue weighted by atomic mass is 10.0. The third-order valence-electron chi connectivity index (χ3n) is 3.84. The molecule has 3 aromatic carbocycles. The zero-order valence-electron chi connectivity index (χ0n) is 13.4. The lowest BCUT2D eigenvalue weighted by Crippen LogP contribution is -2.02. The molecule has 0 spiro atoms. The largest absolute Gasteiger partial charge is 0.492 e. The highest BCUT2D eigenvalue weighted by atomic mass is 35.5. The van der Waals surface area contributed by atoms with Crippen LogP contribution in [0.3, 0.4) is 0 Å². The van der Waals surface area contributed by atoms with Gasteiger partial charge in [0, 0.05) is 18.6 Å². The number of nitro benzene ring substituents is 1. The highest BCUT2D eigenvalue weighted by Crippen LogP contribution is 2.28. The standard InChI is InChI=1S/C20H16ClNO3/c21-19-14-18(22(23)24)10-11-20(19)25-13-12-15-6-8-17(9-7-15)16-4-2-1-3-5-16/h1-11,14H,12-13H2. The molecule has 3 rings (SSSR count). The predicted molar refractivity (Wildman–Crippen MR) is 99.2 cm³/mol. The number of non-ortho nitro benzene ring substituents is 1. The Kier molecular flexibility index (Phi) is 5.31. The highest BCUT2D eigenvalue weighted by Gasteiger charge is 2.10. The fourth-order valence-corrected chi connectivity index (χ4v) is 2.72. The lowest BCUT2D eigenvalue weighted by molar-refractivity contribution is -0.384. The quantitative estimate of drug-likeness (QED) is 0.432. The molecule has 0 heterocycles. The first kappa shape index (κ1) is 17.0. The molecule has 0 aliphatic carbocycles. The van der Waals surface area contributed by atoms with Crippen LogP contribution in [0.25, 0.3) is 11.1 Å². The maximum atomic E-state index is 10.7. The summed E-state index contributed by atoms with van der Waals surface area (Å²) in [5.74, 6) is 0.452. The van der Waals surface area contributed by atoms with Crippen molar-refractivity contribution in [3.05, 3.63) is 93.5 Å². The van der Waals surface area contributed by atoms with E-state index in [-0.39, 0.29) is 10.7 Å². The molecular weight excluding hydrogens is 338 g/mol. The summed E-state index contributed by atoms with van der Waals surface area (Å²) in [6.45, 7) is 0.447. The number of halogens is 1. The number of rotatable bonds is 6. The van der Waals surface area contributed by atoms with Gasteiger partial charge < -0.3 is 4.74 Å². The summed E-state index contributed by atoms with van der Waals surface area (Å²) in [7, 11) is 0. The van der Waals surface area contributed by atoms with Gasteiger partial charge in [-0.1, -0.05) is 66.2 Å². The van der Waals surface area contributed by atoms with E-state index >= 15 is 0 Å². The van der Waals surface area contributed by atoms with Crippen LogP contribution in [0.4, 0.5) is 5.69 Å². The molecule has 126 valence electrons. The topological polar surface area (TPSA) is 52.4 Å². The molecule has 0 bridgehead atoms. The van der Waals surface area contributed by atoms with Gasteiger partial charge in [-0.2, -0.15) is 0 Å². The van der Waals surface area contributed by atoms with Crippen molar-refractivity contribution < 1.29 is 9.66 Å². The first-order valence-electron chi connectivity index (χ1n) is 7.84. The van der Waals surface area contributed by atoms with Crippen LogP contribution in [-0.4, -0.2) is 11.5 Å². The minimum absolute atomic E-state index is 0.0474. The van der Waals surface area contributed by atoms with Gasteiger partial charge in [0.05, 0.1) is 16.6 Å². The van der Waals surface area contributed by atoms with Crippen molar-refractivity contribution in [2.24, 2.45) is 0 Å². The van der Waals surface area contributed by atoms with Crippen LogP contribution in [0, 0.1) is 10.1 Å². The third-order valence-corrected chi connectivity index (χ3v) is 4.13. The molecule has 0 saturated heterocycles. The van der Waals surface area contributed by atoms with Crippen LogP contribution >= 0.6 is 11.6 Å². The molecule has 0 radical (unpaired) electrons. The minimum Gasteiger partial charge on any atom is -0.492 e. The summed E-state index contributed by atoms with van der Waals surface area (Å²) in [5.41, 5.74) is 3.46. The SMILES string of the molecule is O=[N+]([O-])c1ccc(OCCc2ccc(-c3ccccc3)cc2)c(Cl)c1. The van der Waals surface area contributed by atoms with E-state index in [0.717, 1.165) is 12.0 Å². The smallest absolute Gasteiger partial charge is 0.271 e. The molecule has 0 unspecified atom stereocenters. The van der Waals surface area contributed by atoms with E-state index in [1.54, 1.807) is 0 Å². The maximum Gasteiger partial charge on any atom is 0.271 e. The highest BCUT2D eigenvalue weighted by molar-refractivity contribution is 6.32. The van der Waals surface area contributed by atoms with Crippen LogP contribution in [0.5, 0.6) is 5.75 Å². The van der Waals surface area contributed by atoms with Crippen LogP contribution in [0.2, 0.25) is 5.02 Å². The van der Waals surface area contributed by atoms with E-state index in [0.29, 0.717) is 12.4 Å². The summed E-state index contributed by atoms with van der Waals surface area (Å²) in [5, 5.41) is 10.9. The average molecular weight is 354 g/mol. The van der Waals surface area contributed by atoms with Crippen LogP contribution in [-0.2, 0) is 6.42 Å². The number of hydrogen-bond donors (Lipinski definition) is 0. The molecule has 0 N–H and O–H groups in total. The molecule has 25 heavy (non-hydrogen) atoms. The second-order valence-corrected chi connectivity index (χ2v) is 5.94. The molecule has 0 aromatic heterocycles. The van der Waals surface area contributed by atoms with Crippen molar-refractivity contribution in [2.45, 2.75) is 6.42 Å². The zero-order chi connectivity index (χ0) is 17.6. The second kappa shape index (κ2) is 7.81. The first-order valence-corrected chi connectivity index (χ1v) is 8.22.